The first kappa shape index (κ1) is 22.7. The molecule has 2 bridgehead atoms. The summed E-state index contributed by atoms with van der Waals surface area (Å²) in [6.07, 6.45) is 6.53. The van der Waals surface area contributed by atoms with Crippen LogP contribution in [0.2, 0.25) is 5.02 Å². The summed E-state index contributed by atoms with van der Waals surface area (Å²) in [6, 6.07) is 4.80. The number of halogens is 2. The van der Waals surface area contributed by atoms with E-state index in [2.05, 4.69) is 15.0 Å². The summed E-state index contributed by atoms with van der Waals surface area (Å²) in [6.45, 7) is 3.18. The van der Waals surface area contributed by atoms with E-state index in [1.807, 2.05) is 6.92 Å². The van der Waals surface area contributed by atoms with Crippen LogP contribution in [0.5, 0.6) is 5.75 Å². The van der Waals surface area contributed by atoms with Gasteiger partial charge in [-0.1, -0.05) is 11.6 Å². The first-order valence-corrected chi connectivity index (χ1v) is 12.4. The fourth-order valence-corrected chi connectivity index (χ4v) is 6.05. The lowest BCUT2D eigenvalue weighted by molar-refractivity contribution is 0.0214. The van der Waals surface area contributed by atoms with E-state index in [0.29, 0.717) is 48.0 Å². The maximum absolute atomic E-state index is 14.2. The number of aromatic nitrogens is 3. The Labute approximate surface area is 207 Å². The smallest absolute Gasteiger partial charge is 0.258 e. The molecule has 6 rings (SSSR count). The first-order chi connectivity index (χ1) is 16.9. The van der Waals surface area contributed by atoms with Crippen molar-refractivity contribution < 1.29 is 19.0 Å². The summed E-state index contributed by atoms with van der Waals surface area (Å²) >= 11 is 6.02. The quantitative estimate of drug-likeness (QED) is 0.579. The lowest BCUT2D eigenvalue weighted by Gasteiger charge is -2.39. The minimum absolute atomic E-state index is 0.0972. The molecule has 0 aliphatic carbocycles. The molecule has 5 heterocycles. The number of hydrogen-bond donors (Lipinski definition) is 1. The summed E-state index contributed by atoms with van der Waals surface area (Å²) in [5.41, 5.74) is 2.69. The van der Waals surface area contributed by atoms with Gasteiger partial charge in [-0.25, -0.2) is 13.9 Å². The van der Waals surface area contributed by atoms with Crippen LogP contribution in [0.4, 0.5) is 4.39 Å². The molecule has 8 nitrogen and oxygen atoms in total. The van der Waals surface area contributed by atoms with Crippen LogP contribution in [0, 0.1) is 5.82 Å². The number of ether oxygens (including phenoxy) is 1. The molecule has 1 N–H and O–H groups in total. The highest BCUT2D eigenvalue weighted by Crippen LogP contribution is 2.38. The van der Waals surface area contributed by atoms with Crippen molar-refractivity contribution in [1.29, 1.82) is 0 Å². The van der Waals surface area contributed by atoms with Crippen molar-refractivity contribution in [3.8, 4) is 5.75 Å². The molecule has 4 atom stereocenters. The first-order valence-electron chi connectivity index (χ1n) is 12.1. The van der Waals surface area contributed by atoms with E-state index >= 15 is 0 Å². The fraction of sp³-hybridized carbons (Fsp3) is 0.480. The highest BCUT2D eigenvalue weighted by Gasteiger charge is 2.42. The van der Waals surface area contributed by atoms with Crippen LogP contribution in [0.15, 0.2) is 30.6 Å². The third-order valence-electron chi connectivity index (χ3n) is 7.38. The standard InChI is InChI=1S/C25H27ClFN5O3/c1-14(33)10-31-17-3-4-18(31)8-19(7-17)35-23-6-16(27)2-5-20(23)25(34)30-12-21-22(13-30)29-32-11-15(26)9-28-24(21)32/h2,5-6,9,11,14,17-19,33H,3-4,7-8,10,12-13H2,1H3/t14?,17-,18+,19?. The molecule has 0 spiro atoms. The summed E-state index contributed by atoms with van der Waals surface area (Å²) < 4.78 is 22.2. The average Bonchev–Trinajstić information content (AvgIpc) is 3.42. The van der Waals surface area contributed by atoms with Gasteiger partial charge in [-0.3, -0.25) is 9.69 Å². The number of fused-ring (bicyclic) bond motifs is 5. The highest BCUT2D eigenvalue weighted by atomic mass is 35.5. The van der Waals surface area contributed by atoms with Gasteiger partial charge in [0.15, 0.2) is 5.65 Å². The zero-order valence-electron chi connectivity index (χ0n) is 19.4. The van der Waals surface area contributed by atoms with Crippen molar-refractivity contribution in [3.63, 3.8) is 0 Å². The molecule has 2 aromatic heterocycles. The van der Waals surface area contributed by atoms with Crippen LogP contribution in [0.3, 0.4) is 0 Å². The topological polar surface area (TPSA) is 83.2 Å². The molecule has 3 aliphatic heterocycles. The van der Waals surface area contributed by atoms with Crippen LogP contribution in [-0.2, 0) is 13.1 Å². The molecule has 1 amide bonds. The lowest BCUT2D eigenvalue weighted by Crippen LogP contribution is -2.48. The van der Waals surface area contributed by atoms with Crippen molar-refractivity contribution in [2.75, 3.05) is 6.54 Å². The van der Waals surface area contributed by atoms with Gasteiger partial charge in [-0.15, -0.1) is 0 Å². The van der Waals surface area contributed by atoms with Gasteiger partial charge in [0, 0.05) is 36.5 Å². The van der Waals surface area contributed by atoms with Gasteiger partial charge in [0.2, 0.25) is 0 Å². The molecule has 3 aliphatic rings. The van der Waals surface area contributed by atoms with Gasteiger partial charge in [0.05, 0.1) is 41.7 Å². The second-order valence-electron chi connectivity index (χ2n) is 9.91. The molecule has 0 radical (unpaired) electrons. The molecule has 2 unspecified atom stereocenters. The second-order valence-corrected chi connectivity index (χ2v) is 10.3. The number of aliphatic hydroxyl groups excluding tert-OH is 1. The van der Waals surface area contributed by atoms with Crippen LogP contribution >= 0.6 is 11.6 Å². The van der Waals surface area contributed by atoms with Crippen LogP contribution in [-0.4, -0.2) is 66.2 Å². The van der Waals surface area contributed by atoms with Crippen LogP contribution in [0.1, 0.15) is 54.2 Å². The van der Waals surface area contributed by atoms with Gasteiger partial charge in [-0.2, -0.15) is 5.10 Å². The van der Waals surface area contributed by atoms with Gasteiger partial charge >= 0.3 is 0 Å². The summed E-state index contributed by atoms with van der Waals surface area (Å²) in [7, 11) is 0. The van der Waals surface area contributed by atoms with Crippen molar-refractivity contribution in [1.82, 2.24) is 24.4 Å². The maximum atomic E-state index is 14.2. The Morgan fingerprint density at radius 2 is 2.06 bits per heavy atom. The molecule has 10 heteroatoms. The Kier molecular flexibility index (Phi) is 5.66. The van der Waals surface area contributed by atoms with Crippen molar-refractivity contribution in [2.24, 2.45) is 0 Å². The molecule has 0 saturated carbocycles. The number of piperidine rings is 1. The zero-order valence-corrected chi connectivity index (χ0v) is 20.2. The third-order valence-corrected chi connectivity index (χ3v) is 7.58. The van der Waals surface area contributed by atoms with Gasteiger partial charge in [0.1, 0.15) is 17.7 Å². The Bertz CT molecular complexity index is 1280. The minimum atomic E-state index is -0.436. The van der Waals surface area contributed by atoms with Crippen LogP contribution < -0.4 is 4.74 Å². The SMILES string of the molecule is CC(O)CN1[C@@H]2CC[C@H]1CC(Oc1cc(F)ccc1C(=O)N1Cc3nn4cc(Cl)cnc4c3C1)C2. The number of carbonyl (C=O) groups excluding carboxylic acids is 1. The minimum Gasteiger partial charge on any atom is -0.489 e. The Hall–Kier alpha value is -2.75. The Morgan fingerprint density at radius 1 is 1.29 bits per heavy atom. The lowest BCUT2D eigenvalue weighted by atomic mass is 9.99. The van der Waals surface area contributed by atoms with Gasteiger partial charge < -0.3 is 14.7 Å². The fourth-order valence-electron chi connectivity index (χ4n) is 5.91. The predicted molar refractivity (Wildman–Crippen MR) is 127 cm³/mol. The predicted octanol–water partition coefficient (Wildman–Crippen LogP) is 3.43. The van der Waals surface area contributed by atoms with E-state index in [1.54, 1.807) is 21.8 Å². The normalized spacial score (nSPS) is 24.7. The number of nitrogens with zero attached hydrogens (tertiary/aromatic N) is 5. The molecule has 184 valence electrons. The molecule has 35 heavy (non-hydrogen) atoms. The second kappa shape index (κ2) is 8.72. The number of benzene rings is 1. The number of amides is 1. The van der Waals surface area contributed by atoms with Crippen LogP contribution in [0.25, 0.3) is 5.65 Å². The number of aliphatic hydroxyl groups is 1. The molecular formula is C25H27ClFN5O3. The number of carbonyl (C=O) groups is 1. The van der Waals surface area contributed by atoms with Crippen molar-refractivity contribution in [3.05, 3.63) is 58.3 Å². The molecule has 2 saturated heterocycles. The van der Waals surface area contributed by atoms with Gasteiger partial charge in [0.25, 0.3) is 5.91 Å². The summed E-state index contributed by atoms with van der Waals surface area (Å²) in [4.78, 5) is 21.9. The number of hydrogen-bond acceptors (Lipinski definition) is 6. The van der Waals surface area contributed by atoms with Crippen molar-refractivity contribution in [2.45, 2.75) is 70.0 Å². The summed E-state index contributed by atoms with van der Waals surface area (Å²) in [5.74, 6) is -0.374. The highest BCUT2D eigenvalue weighted by molar-refractivity contribution is 6.30. The van der Waals surface area contributed by atoms with E-state index < -0.39 is 5.82 Å². The molecular weight excluding hydrogens is 473 g/mol. The molecule has 1 aromatic carbocycles. The monoisotopic (exact) mass is 499 g/mol. The third kappa shape index (κ3) is 4.15. The number of rotatable bonds is 5. The van der Waals surface area contributed by atoms with E-state index in [1.165, 1.54) is 18.2 Å². The van der Waals surface area contributed by atoms with E-state index in [-0.39, 0.29) is 23.9 Å². The average molecular weight is 500 g/mol. The van der Waals surface area contributed by atoms with E-state index in [0.717, 1.165) is 36.9 Å². The zero-order chi connectivity index (χ0) is 24.3. The molecule has 2 fully saturated rings. The Morgan fingerprint density at radius 3 is 2.80 bits per heavy atom. The van der Waals surface area contributed by atoms with Gasteiger partial charge in [-0.05, 0) is 44.7 Å². The largest absolute Gasteiger partial charge is 0.489 e. The van der Waals surface area contributed by atoms with E-state index in [4.69, 9.17) is 16.3 Å². The maximum Gasteiger partial charge on any atom is 0.258 e. The van der Waals surface area contributed by atoms with E-state index in [9.17, 15) is 14.3 Å². The van der Waals surface area contributed by atoms with Crippen molar-refractivity contribution >= 4 is 23.2 Å². The Balaban J connectivity index is 1.20. The molecule has 3 aromatic rings. The summed E-state index contributed by atoms with van der Waals surface area (Å²) in [5, 5.41) is 14.9.